The summed E-state index contributed by atoms with van der Waals surface area (Å²) in [6.07, 6.45) is 10.7. The molecule has 0 saturated carbocycles. The van der Waals surface area contributed by atoms with Crippen molar-refractivity contribution in [3.63, 3.8) is 0 Å². The predicted octanol–water partition coefficient (Wildman–Crippen LogP) is 5.39. The lowest BCUT2D eigenvalue weighted by molar-refractivity contribution is -0.143. The molecule has 1 N–H and O–H groups in total. The Hall–Kier alpha value is -1.17. The number of ether oxygens (including phenoxy) is 3. The molecule has 2 rings (SSSR count). The Morgan fingerprint density at radius 3 is 2.63 bits per heavy atom. The largest absolute Gasteiger partial charge is 0.481 e. The van der Waals surface area contributed by atoms with Gasteiger partial charge in [0.2, 0.25) is 0 Å². The molecule has 8 atom stereocenters. The van der Waals surface area contributed by atoms with E-state index in [9.17, 15) is 4.79 Å². The first-order valence-corrected chi connectivity index (χ1v) is 11.5. The first-order valence-electron chi connectivity index (χ1n) is 11.5. The van der Waals surface area contributed by atoms with E-state index in [0.29, 0.717) is 17.8 Å². The highest BCUT2D eigenvalue weighted by Gasteiger charge is 2.56. The number of carbonyl (C=O) groups is 1. The first-order chi connectivity index (χ1) is 14.1. The summed E-state index contributed by atoms with van der Waals surface area (Å²) in [6, 6.07) is 0. The van der Waals surface area contributed by atoms with Crippen LogP contribution in [0.3, 0.4) is 0 Å². The minimum Gasteiger partial charge on any atom is -0.481 e. The molecule has 0 aromatic rings. The standard InChI is InChI=1S/C25H42O5/c1-8-21(28-7)19(5)24-25(6,30-24)15-16(2)10-9-11-17(3)23-18(4)12-13-20(29-23)14-22(26)27/h9-11,16,18-21,23-24H,8,12-15H2,1-7H3,(H,26,27)/b10-9+,17-11+/t16-,18+,19-,20-,21+,23-,24-,25-/m1/s1. The van der Waals surface area contributed by atoms with Gasteiger partial charge in [-0.25, -0.2) is 0 Å². The topological polar surface area (TPSA) is 68.3 Å². The molecule has 0 unspecified atom stereocenters. The third-order valence-electron chi connectivity index (χ3n) is 6.89. The zero-order chi connectivity index (χ0) is 22.5. The third-order valence-corrected chi connectivity index (χ3v) is 6.89. The van der Waals surface area contributed by atoms with Crippen molar-refractivity contribution in [3.05, 3.63) is 23.8 Å². The van der Waals surface area contributed by atoms with E-state index in [1.165, 1.54) is 0 Å². The smallest absolute Gasteiger partial charge is 0.305 e. The maximum absolute atomic E-state index is 11.0. The van der Waals surface area contributed by atoms with Crippen molar-refractivity contribution in [2.75, 3.05) is 7.11 Å². The van der Waals surface area contributed by atoms with Gasteiger partial charge in [-0.3, -0.25) is 4.79 Å². The monoisotopic (exact) mass is 422 g/mol. The Kier molecular flexibility index (Phi) is 9.13. The molecule has 5 nitrogen and oxygen atoms in total. The molecular weight excluding hydrogens is 380 g/mol. The van der Waals surface area contributed by atoms with E-state index >= 15 is 0 Å². The minimum absolute atomic E-state index is 0.00223. The second-order valence-corrected chi connectivity index (χ2v) is 9.70. The molecule has 172 valence electrons. The van der Waals surface area contributed by atoms with Crippen molar-refractivity contribution in [3.8, 4) is 0 Å². The predicted molar refractivity (Wildman–Crippen MR) is 120 cm³/mol. The molecule has 0 radical (unpaired) electrons. The Bertz CT molecular complexity index is 623. The summed E-state index contributed by atoms with van der Waals surface area (Å²) in [6.45, 7) is 13.1. The van der Waals surface area contributed by atoms with Crippen LogP contribution in [0.2, 0.25) is 0 Å². The van der Waals surface area contributed by atoms with Crippen LogP contribution >= 0.6 is 0 Å². The van der Waals surface area contributed by atoms with Gasteiger partial charge in [0, 0.05) is 13.0 Å². The van der Waals surface area contributed by atoms with E-state index in [-0.39, 0.29) is 36.4 Å². The van der Waals surface area contributed by atoms with Crippen molar-refractivity contribution in [1.29, 1.82) is 0 Å². The van der Waals surface area contributed by atoms with Crippen molar-refractivity contribution < 1.29 is 24.1 Å². The summed E-state index contributed by atoms with van der Waals surface area (Å²) in [7, 11) is 1.78. The average molecular weight is 423 g/mol. The molecule has 2 heterocycles. The summed E-state index contributed by atoms with van der Waals surface area (Å²) in [4.78, 5) is 11.0. The number of rotatable bonds is 11. The molecule has 0 aromatic heterocycles. The van der Waals surface area contributed by atoms with Crippen LogP contribution in [0.1, 0.15) is 73.6 Å². The van der Waals surface area contributed by atoms with Crippen LogP contribution in [0, 0.1) is 17.8 Å². The van der Waals surface area contributed by atoms with Gasteiger partial charge in [0.25, 0.3) is 0 Å². The number of carboxylic acids is 1. The molecule has 5 heteroatoms. The number of carboxylic acid groups (broad SMARTS) is 1. The molecular formula is C25H42O5. The van der Waals surface area contributed by atoms with Gasteiger partial charge < -0.3 is 19.3 Å². The zero-order valence-corrected chi connectivity index (χ0v) is 19.9. The van der Waals surface area contributed by atoms with E-state index in [4.69, 9.17) is 19.3 Å². The van der Waals surface area contributed by atoms with Gasteiger partial charge in [0.1, 0.15) is 0 Å². The lowest BCUT2D eigenvalue weighted by Crippen LogP contribution is -2.35. The fraction of sp³-hybridized carbons (Fsp3) is 0.800. The first kappa shape index (κ1) is 25.1. The summed E-state index contributed by atoms with van der Waals surface area (Å²) >= 11 is 0. The normalized spacial score (nSPS) is 35.2. The van der Waals surface area contributed by atoms with Crippen LogP contribution in [0.5, 0.6) is 0 Å². The Balaban J connectivity index is 1.87. The molecule has 0 amide bonds. The number of epoxide rings is 1. The Labute approximate surface area is 182 Å². The molecule has 0 aromatic carbocycles. The lowest BCUT2D eigenvalue weighted by atomic mass is 9.86. The third kappa shape index (κ3) is 6.66. The van der Waals surface area contributed by atoms with Crippen LogP contribution in [-0.2, 0) is 19.0 Å². The summed E-state index contributed by atoms with van der Waals surface area (Å²) < 4.78 is 17.8. The van der Waals surface area contributed by atoms with Crippen molar-refractivity contribution in [1.82, 2.24) is 0 Å². The summed E-state index contributed by atoms with van der Waals surface area (Å²) in [5.41, 5.74) is 1.09. The molecule has 2 aliphatic heterocycles. The number of aliphatic carboxylic acids is 1. The molecule has 2 aliphatic rings. The average Bonchev–Trinajstić information content (AvgIpc) is 3.34. The van der Waals surface area contributed by atoms with Gasteiger partial charge in [-0.1, -0.05) is 45.9 Å². The molecule has 30 heavy (non-hydrogen) atoms. The molecule has 0 bridgehead atoms. The van der Waals surface area contributed by atoms with E-state index < -0.39 is 5.97 Å². The summed E-state index contributed by atoms with van der Waals surface area (Å²) in [5, 5.41) is 9.05. The van der Waals surface area contributed by atoms with Gasteiger partial charge >= 0.3 is 5.97 Å². The Morgan fingerprint density at radius 1 is 1.33 bits per heavy atom. The van der Waals surface area contributed by atoms with Gasteiger partial charge in [0.15, 0.2) is 0 Å². The highest BCUT2D eigenvalue weighted by atomic mass is 16.6. The van der Waals surface area contributed by atoms with E-state index in [2.05, 4.69) is 59.8 Å². The second kappa shape index (κ2) is 10.9. The minimum atomic E-state index is -0.789. The number of hydrogen-bond acceptors (Lipinski definition) is 4. The van der Waals surface area contributed by atoms with Crippen LogP contribution < -0.4 is 0 Å². The van der Waals surface area contributed by atoms with Crippen molar-refractivity contribution in [2.24, 2.45) is 17.8 Å². The number of methoxy groups -OCH3 is 1. The van der Waals surface area contributed by atoms with Gasteiger partial charge in [0.05, 0.1) is 36.4 Å². The number of allylic oxidation sites excluding steroid dienone is 3. The van der Waals surface area contributed by atoms with Gasteiger partial charge in [-0.15, -0.1) is 0 Å². The van der Waals surface area contributed by atoms with E-state index in [0.717, 1.165) is 31.3 Å². The van der Waals surface area contributed by atoms with Crippen molar-refractivity contribution >= 4 is 5.97 Å². The van der Waals surface area contributed by atoms with Crippen LogP contribution in [0.4, 0.5) is 0 Å². The maximum Gasteiger partial charge on any atom is 0.305 e. The van der Waals surface area contributed by atoms with Crippen LogP contribution in [0.15, 0.2) is 23.8 Å². The van der Waals surface area contributed by atoms with Crippen molar-refractivity contribution in [2.45, 2.75) is 104 Å². The molecule has 2 fully saturated rings. The van der Waals surface area contributed by atoms with E-state index in [1.807, 2.05) is 0 Å². The fourth-order valence-corrected chi connectivity index (χ4v) is 5.14. The second-order valence-electron chi connectivity index (χ2n) is 9.70. The highest BCUT2D eigenvalue weighted by Crippen LogP contribution is 2.47. The quantitative estimate of drug-likeness (QED) is 0.357. The van der Waals surface area contributed by atoms with Gasteiger partial charge in [-0.05, 0) is 56.9 Å². The van der Waals surface area contributed by atoms with Crippen LogP contribution in [0.25, 0.3) is 0 Å². The fourth-order valence-electron chi connectivity index (χ4n) is 5.14. The summed E-state index contributed by atoms with van der Waals surface area (Å²) in [5.74, 6) is 0.420. The molecule has 0 aliphatic carbocycles. The molecule has 2 saturated heterocycles. The Morgan fingerprint density at radius 2 is 2.03 bits per heavy atom. The lowest BCUT2D eigenvalue weighted by Gasteiger charge is -2.35. The van der Waals surface area contributed by atoms with E-state index in [1.54, 1.807) is 7.11 Å². The molecule has 0 spiro atoms. The van der Waals surface area contributed by atoms with Crippen LogP contribution in [-0.4, -0.2) is 48.2 Å². The zero-order valence-electron chi connectivity index (χ0n) is 19.9. The SMILES string of the molecule is CC[C@H](OC)[C@@H](C)[C@H]1O[C@]1(C)C[C@H](C)/C=C/C=C(\C)[C@H]1O[C@@H](CC(=O)O)CC[C@@H]1C. The number of hydrogen-bond donors (Lipinski definition) is 1. The highest BCUT2D eigenvalue weighted by molar-refractivity contribution is 5.67. The van der Waals surface area contributed by atoms with Gasteiger partial charge in [-0.2, -0.15) is 0 Å². The maximum atomic E-state index is 11.0.